The van der Waals surface area contributed by atoms with Gasteiger partial charge >= 0.3 is 46.1 Å². The Morgan fingerprint density at radius 3 is 1.00 bits per heavy atom. The summed E-state index contributed by atoms with van der Waals surface area (Å²) >= 11 is 0. The first-order chi connectivity index (χ1) is 2.00. The van der Waals surface area contributed by atoms with E-state index in [1.165, 1.54) is 0 Å². The molecule has 0 heterocycles. The Hall–Kier alpha value is 1.60. The molecule has 0 aliphatic carbocycles. The summed E-state index contributed by atoms with van der Waals surface area (Å²) in [5.74, 6) is 0. The normalized spacial score (nSPS) is 7.38. The average Bonchev–Trinajstić information content (AvgIpc) is 0.722. The molecular weight excluding hydrogens is 160 g/mol. The molecule has 0 rings (SSSR count). The molecule has 0 unspecified atom stereocenters. The molecule has 0 aromatic carbocycles. The Labute approximate surface area is 78.3 Å². The van der Waals surface area contributed by atoms with Gasteiger partial charge in [0, 0.05) is 0 Å². The molecule has 5 nitrogen and oxygen atoms in total. The van der Waals surface area contributed by atoms with Gasteiger partial charge in [0.25, 0.3) is 0 Å². The van der Waals surface area contributed by atoms with Gasteiger partial charge in [-0.3, -0.25) is 0 Å². The summed E-state index contributed by atoms with van der Waals surface area (Å²) in [5, 5.41) is 0. The first kappa shape index (κ1) is 22.6. The molecule has 0 saturated heterocycles. The maximum absolute atomic E-state index is 8.55. The Morgan fingerprint density at radius 1 is 1.00 bits per heavy atom. The molecule has 40 valence electrons. The third-order valence-corrected chi connectivity index (χ3v) is 0. The maximum Gasteiger partial charge on any atom is 2.00 e. The number of phosphoric acid groups is 1. The van der Waals surface area contributed by atoms with E-state index < -0.39 is 7.82 Å². The molecular formula is HMg2O5P. The van der Waals surface area contributed by atoms with Crippen molar-refractivity contribution in [1.29, 1.82) is 0 Å². The first-order valence-corrected chi connectivity index (χ1v) is 2.19. The van der Waals surface area contributed by atoms with Crippen LogP contribution in [-0.4, -0.2) is 51.6 Å². The van der Waals surface area contributed by atoms with Gasteiger partial charge in [0.2, 0.25) is 0 Å². The van der Waals surface area contributed by atoms with E-state index in [-0.39, 0.29) is 51.6 Å². The van der Waals surface area contributed by atoms with Crippen LogP contribution < -0.4 is 14.7 Å². The Kier molecular flexibility index (Phi) is 24.3. The van der Waals surface area contributed by atoms with Crippen molar-refractivity contribution in [3.05, 3.63) is 0 Å². The summed E-state index contributed by atoms with van der Waals surface area (Å²) in [6.45, 7) is 0. The largest absolute Gasteiger partial charge is 2.00 e. The van der Waals surface area contributed by atoms with E-state index in [1.54, 1.807) is 0 Å². The van der Waals surface area contributed by atoms with Crippen molar-refractivity contribution in [2.45, 2.75) is 0 Å². The summed E-state index contributed by atoms with van der Waals surface area (Å²) in [6.07, 6.45) is 0. The molecule has 1 N–H and O–H groups in total. The van der Waals surface area contributed by atoms with E-state index in [9.17, 15) is 0 Å². The van der Waals surface area contributed by atoms with Crippen LogP contribution in [0.15, 0.2) is 0 Å². The van der Waals surface area contributed by atoms with Gasteiger partial charge < -0.3 is 24.7 Å². The molecule has 8 heteroatoms. The zero-order chi connectivity index (χ0) is 4.50. The fourth-order valence-electron chi connectivity index (χ4n) is 0. The molecule has 0 aromatic rings. The predicted molar refractivity (Wildman–Crippen MR) is 21.1 cm³/mol. The number of hydrogen-bond donors (Lipinski definition) is 0. The fraction of sp³-hybridized carbons (Fsp3) is 0. The zero-order valence-corrected chi connectivity index (χ0v) is 7.66. The second kappa shape index (κ2) is 8.60. The topological polar surface area (TPSA) is 116 Å². The smallest absolute Gasteiger partial charge is 0.870 e. The standard InChI is InChI=1S/2Mg.H3O4P.H2O/c;;1-5(2,3)4;/h;;(H3,1,2,3,4);1H2/q2*+2;;/p-4. The molecule has 0 bridgehead atoms. The van der Waals surface area contributed by atoms with Gasteiger partial charge in [-0.15, -0.1) is 0 Å². The molecule has 0 radical (unpaired) electrons. The van der Waals surface area contributed by atoms with Crippen LogP contribution in [0.2, 0.25) is 0 Å². The first-order valence-electron chi connectivity index (χ1n) is 0.730. The van der Waals surface area contributed by atoms with Crippen molar-refractivity contribution < 1.29 is 24.7 Å². The van der Waals surface area contributed by atoms with Crippen LogP contribution >= 0.6 is 7.82 Å². The number of rotatable bonds is 0. The van der Waals surface area contributed by atoms with Gasteiger partial charge in [0.1, 0.15) is 0 Å². The van der Waals surface area contributed by atoms with E-state index in [0.717, 1.165) is 0 Å². The molecule has 0 aromatic heterocycles. The minimum absolute atomic E-state index is 0. The summed E-state index contributed by atoms with van der Waals surface area (Å²) in [6, 6.07) is 0. The van der Waals surface area contributed by atoms with Crippen LogP contribution in [0, 0.1) is 0 Å². The SMILES string of the molecule is O=P([O-])([O-])[O-].[Mg+2].[Mg+2].[OH-]. The summed E-state index contributed by atoms with van der Waals surface area (Å²) in [5.41, 5.74) is 0. The van der Waals surface area contributed by atoms with E-state index >= 15 is 0 Å². The van der Waals surface area contributed by atoms with Gasteiger partial charge in [-0.25, -0.2) is 0 Å². The van der Waals surface area contributed by atoms with Crippen molar-refractivity contribution in [1.82, 2.24) is 0 Å². The summed E-state index contributed by atoms with van der Waals surface area (Å²) < 4.78 is 8.55. The third-order valence-electron chi connectivity index (χ3n) is 0. The third kappa shape index (κ3) is 129. The van der Waals surface area contributed by atoms with Crippen LogP contribution in [0.4, 0.5) is 0 Å². The van der Waals surface area contributed by atoms with Crippen LogP contribution in [0.5, 0.6) is 0 Å². The predicted octanol–water partition coefficient (Wildman–Crippen LogP) is -3.76. The molecule has 0 aliphatic heterocycles. The Bertz CT molecular complexity index is 56.6. The van der Waals surface area contributed by atoms with Gasteiger partial charge in [-0.05, 0) is 0 Å². The Morgan fingerprint density at radius 2 is 1.00 bits per heavy atom. The van der Waals surface area contributed by atoms with Crippen molar-refractivity contribution in [2.75, 3.05) is 0 Å². The molecule has 0 fully saturated rings. The fourth-order valence-corrected chi connectivity index (χ4v) is 0. The average molecular weight is 161 g/mol. The molecule has 0 saturated carbocycles. The van der Waals surface area contributed by atoms with Crippen LogP contribution in [-0.2, 0) is 4.57 Å². The molecule has 0 amide bonds. The molecule has 8 heavy (non-hydrogen) atoms. The van der Waals surface area contributed by atoms with Crippen LogP contribution in [0.25, 0.3) is 0 Å². The quantitative estimate of drug-likeness (QED) is 0.267. The van der Waals surface area contributed by atoms with Crippen molar-refractivity contribution in [2.24, 2.45) is 0 Å². The van der Waals surface area contributed by atoms with Gasteiger partial charge in [-0.1, -0.05) is 0 Å². The van der Waals surface area contributed by atoms with Crippen molar-refractivity contribution in [3.63, 3.8) is 0 Å². The molecule has 0 atom stereocenters. The zero-order valence-electron chi connectivity index (χ0n) is 3.94. The maximum atomic E-state index is 8.55. The molecule has 0 aliphatic rings. The molecule has 0 spiro atoms. The second-order valence-corrected chi connectivity index (χ2v) is 1.34. The van der Waals surface area contributed by atoms with Gasteiger partial charge in [0.15, 0.2) is 0 Å². The van der Waals surface area contributed by atoms with E-state index in [4.69, 9.17) is 19.2 Å². The van der Waals surface area contributed by atoms with Gasteiger partial charge in [-0.2, -0.15) is 7.82 Å². The number of hydrogen-bond acceptors (Lipinski definition) is 5. The minimum atomic E-state index is -5.39. The summed E-state index contributed by atoms with van der Waals surface area (Å²) in [7, 11) is -5.39. The van der Waals surface area contributed by atoms with Crippen LogP contribution in [0.3, 0.4) is 0 Å². The van der Waals surface area contributed by atoms with Crippen LogP contribution in [0.1, 0.15) is 0 Å². The monoisotopic (exact) mass is 160 g/mol. The summed E-state index contributed by atoms with van der Waals surface area (Å²) in [4.78, 5) is 25.6. The van der Waals surface area contributed by atoms with E-state index in [1.807, 2.05) is 0 Å². The Balaban J connectivity index is -0.0000000267. The van der Waals surface area contributed by atoms with E-state index in [0.29, 0.717) is 0 Å². The van der Waals surface area contributed by atoms with E-state index in [2.05, 4.69) is 0 Å². The van der Waals surface area contributed by atoms with Gasteiger partial charge in [0.05, 0.1) is 0 Å². The minimum Gasteiger partial charge on any atom is -0.870 e. The van der Waals surface area contributed by atoms with Crippen molar-refractivity contribution in [3.8, 4) is 0 Å². The second-order valence-electron chi connectivity index (χ2n) is 0.447. The van der Waals surface area contributed by atoms with Crippen molar-refractivity contribution >= 4 is 53.9 Å².